The lowest BCUT2D eigenvalue weighted by atomic mass is 10.1. The second-order valence-electron chi connectivity index (χ2n) is 8.21. The molecule has 0 bridgehead atoms. The fraction of sp³-hybridized carbons (Fsp3) is 0.240. The van der Waals surface area contributed by atoms with Gasteiger partial charge in [0.2, 0.25) is 0 Å². The van der Waals surface area contributed by atoms with E-state index < -0.39 is 0 Å². The van der Waals surface area contributed by atoms with Crippen molar-refractivity contribution in [1.29, 1.82) is 0 Å². The number of nitrogens with zero attached hydrogens (tertiary/aromatic N) is 4. The van der Waals surface area contributed by atoms with Crippen LogP contribution in [0.15, 0.2) is 70.3 Å². The van der Waals surface area contributed by atoms with Crippen LogP contribution in [0.5, 0.6) is 0 Å². The Morgan fingerprint density at radius 2 is 1.69 bits per heavy atom. The molecule has 32 heavy (non-hydrogen) atoms. The summed E-state index contributed by atoms with van der Waals surface area (Å²) in [6.45, 7) is 3.69. The lowest BCUT2D eigenvalue weighted by molar-refractivity contribution is 0.240. The van der Waals surface area contributed by atoms with Crippen molar-refractivity contribution in [2.75, 3.05) is 6.54 Å². The van der Waals surface area contributed by atoms with Gasteiger partial charge < -0.3 is 4.98 Å². The molecule has 3 heterocycles. The molecule has 0 saturated heterocycles. The third-order valence-corrected chi connectivity index (χ3v) is 6.25. The Kier molecular flexibility index (Phi) is 5.11. The van der Waals surface area contributed by atoms with Gasteiger partial charge in [-0.2, -0.15) is 0 Å². The van der Waals surface area contributed by atoms with Crippen LogP contribution < -0.4 is 11.1 Å². The highest BCUT2D eigenvalue weighted by molar-refractivity contribution is 5.54. The molecular weight excluding hydrogens is 402 g/mol. The Bertz CT molecular complexity index is 1380. The number of hydrogen-bond donors (Lipinski definition) is 1. The van der Waals surface area contributed by atoms with Crippen molar-refractivity contribution in [3.05, 3.63) is 104 Å². The highest BCUT2D eigenvalue weighted by Gasteiger charge is 2.24. The van der Waals surface area contributed by atoms with Gasteiger partial charge in [-0.05, 0) is 19.1 Å². The largest absolute Gasteiger partial charge is 0.306 e. The average molecular weight is 428 g/mol. The van der Waals surface area contributed by atoms with Crippen LogP contribution in [0.3, 0.4) is 0 Å². The number of nitrogens with one attached hydrogen (secondary N) is 1. The zero-order chi connectivity index (χ0) is 22.2. The van der Waals surface area contributed by atoms with Crippen molar-refractivity contribution in [3.8, 4) is 17.1 Å². The number of benzene rings is 2. The molecule has 2 aromatic carbocycles. The summed E-state index contributed by atoms with van der Waals surface area (Å²) in [5, 5.41) is 0. The van der Waals surface area contributed by atoms with Crippen molar-refractivity contribution in [2.45, 2.75) is 26.4 Å². The zero-order valence-corrected chi connectivity index (χ0v) is 18.2. The Hall–Kier alpha value is -3.71. The molecule has 0 unspecified atom stereocenters. The number of H-pyrrole nitrogens is 1. The summed E-state index contributed by atoms with van der Waals surface area (Å²) in [4.78, 5) is 35.9. The lowest BCUT2D eigenvalue weighted by Gasteiger charge is -2.27. The maximum absolute atomic E-state index is 13.2. The van der Waals surface area contributed by atoms with E-state index in [1.54, 1.807) is 4.68 Å². The normalized spacial score (nSPS) is 13.8. The zero-order valence-electron chi connectivity index (χ0n) is 18.2. The van der Waals surface area contributed by atoms with Gasteiger partial charge >= 0.3 is 0 Å². The van der Waals surface area contributed by atoms with E-state index in [0.717, 1.165) is 34.7 Å². The van der Waals surface area contributed by atoms with Crippen LogP contribution in [-0.4, -0.2) is 30.8 Å². The maximum Gasteiger partial charge on any atom is 0.276 e. The third kappa shape index (κ3) is 3.50. The number of rotatable bonds is 4. The summed E-state index contributed by atoms with van der Waals surface area (Å²) in [5.41, 5.74) is 4.83. The molecular formula is C25H25N5O2. The molecule has 2 aromatic heterocycles. The number of fused-ring (bicyclic) bond motifs is 1. The van der Waals surface area contributed by atoms with Gasteiger partial charge in [0.1, 0.15) is 5.82 Å². The van der Waals surface area contributed by atoms with E-state index in [2.05, 4.69) is 9.88 Å². The number of aromatic nitrogens is 4. The fourth-order valence-electron chi connectivity index (χ4n) is 4.38. The van der Waals surface area contributed by atoms with E-state index in [0.29, 0.717) is 30.9 Å². The van der Waals surface area contributed by atoms with Gasteiger partial charge in [0, 0.05) is 44.4 Å². The highest BCUT2D eigenvalue weighted by atomic mass is 16.1. The van der Waals surface area contributed by atoms with E-state index in [-0.39, 0.29) is 11.1 Å². The first-order valence-corrected chi connectivity index (χ1v) is 10.8. The first kappa shape index (κ1) is 20.2. The van der Waals surface area contributed by atoms with E-state index in [1.807, 2.05) is 79.3 Å². The van der Waals surface area contributed by atoms with Crippen LogP contribution in [0.1, 0.15) is 22.5 Å². The van der Waals surface area contributed by atoms with E-state index >= 15 is 0 Å². The predicted molar refractivity (Wildman–Crippen MR) is 124 cm³/mol. The summed E-state index contributed by atoms with van der Waals surface area (Å²) in [6.07, 6.45) is 0.678. The van der Waals surface area contributed by atoms with Crippen molar-refractivity contribution in [2.24, 2.45) is 7.05 Å². The predicted octanol–water partition coefficient (Wildman–Crippen LogP) is 2.79. The fourth-order valence-corrected chi connectivity index (χ4v) is 4.38. The van der Waals surface area contributed by atoms with E-state index in [1.165, 1.54) is 0 Å². The molecule has 1 aliphatic heterocycles. The average Bonchev–Trinajstić information content (AvgIpc) is 3.03. The smallest absolute Gasteiger partial charge is 0.276 e. The second-order valence-corrected chi connectivity index (χ2v) is 8.21. The summed E-state index contributed by atoms with van der Waals surface area (Å²) in [5.74, 6) is 0.604. The van der Waals surface area contributed by atoms with Gasteiger partial charge in [0.25, 0.3) is 11.1 Å². The molecule has 4 aromatic rings. The van der Waals surface area contributed by atoms with Gasteiger partial charge in [-0.15, -0.1) is 0 Å². The lowest BCUT2D eigenvalue weighted by Crippen LogP contribution is -2.36. The Balaban J connectivity index is 1.43. The van der Waals surface area contributed by atoms with Gasteiger partial charge in [0.15, 0.2) is 0 Å². The second kappa shape index (κ2) is 8.09. The minimum Gasteiger partial charge on any atom is -0.306 e. The number of hydrogen-bond acceptors (Lipinski definition) is 4. The maximum atomic E-state index is 13.2. The molecule has 0 amide bonds. The molecule has 0 aliphatic carbocycles. The Morgan fingerprint density at radius 3 is 2.41 bits per heavy atom. The summed E-state index contributed by atoms with van der Waals surface area (Å²) in [7, 11) is 1.90. The third-order valence-electron chi connectivity index (χ3n) is 6.25. The molecule has 0 spiro atoms. The van der Waals surface area contributed by atoms with Crippen LogP contribution in [0.25, 0.3) is 17.1 Å². The molecule has 5 rings (SSSR count). The quantitative estimate of drug-likeness (QED) is 0.543. The Labute approximate surface area is 185 Å². The number of para-hydroxylation sites is 1. The SMILES string of the molecule is Cc1c(CN2CCc3nc(-c4ccccc4)[nH]c(=O)c3C2)c(=O)n(-c2ccccc2)n1C. The van der Waals surface area contributed by atoms with Crippen molar-refractivity contribution in [3.63, 3.8) is 0 Å². The summed E-state index contributed by atoms with van der Waals surface area (Å²) < 4.78 is 3.59. The van der Waals surface area contributed by atoms with Gasteiger partial charge in [-0.25, -0.2) is 9.67 Å². The minimum absolute atomic E-state index is 0.0199. The molecule has 0 saturated carbocycles. The molecule has 0 radical (unpaired) electrons. The van der Waals surface area contributed by atoms with Crippen LogP contribution >= 0.6 is 0 Å². The topological polar surface area (TPSA) is 75.9 Å². The van der Waals surface area contributed by atoms with Crippen LogP contribution in [0.4, 0.5) is 0 Å². The van der Waals surface area contributed by atoms with Crippen molar-refractivity contribution in [1.82, 2.24) is 24.2 Å². The minimum atomic E-state index is -0.106. The highest BCUT2D eigenvalue weighted by Crippen LogP contribution is 2.20. The summed E-state index contributed by atoms with van der Waals surface area (Å²) in [6, 6.07) is 19.3. The monoisotopic (exact) mass is 427 g/mol. The first-order chi connectivity index (χ1) is 15.5. The first-order valence-electron chi connectivity index (χ1n) is 10.8. The van der Waals surface area contributed by atoms with Crippen LogP contribution in [0.2, 0.25) is 0 Å². The van der Waals surface area contributed by atoms with Crippen molar-refractivity contribution >= 4 is 0 Å². The van der Waals surface area contributed by atoms with Crippen LogP contribution in [0, 0.1) is 6.92 Å². The molecule has 7 heteroatoms. The molecule has 162 valence electrons. The number of aromatic amines is 1. The molecule has 0 fully saturated rings. The van der Waals surface area contributed by atoms with Gasteiger partial charge in [-0.3, -0.25) is 19.2 Å². The molecule has 1 aliphatic rings. The molecule has 0 atom stereocenters. The summed E-state index contributed by atoms with van der Waals surface area (Å²) >= 11 is 0. The van der Waals surface area contributed by atoms with Crippen LogP contribution in [-0.2, 0) is 26.6 Å². The van der Waals surface area contributed by atoms with Gasteiger partial charge in [-0.1, -0.05) is 48.5 Å². The molecule has 1 N–H and O–H groups in total. The van der Waals surface area contributed by atoms with Crippen molar-refractivity contribution < 1.29 is 0 Å². The van der Waals surface area contributed by atoms with E-state index in [9.17, 15) is 9.59 Å². The van der Waals surface area contributed by atoms with E-state index in [4.69, 9.17) is 4.98 Å². The standard InChI is InChI=1S/C25H25N5O2/c1-17-20(25(32)30(28(17)2)19-11-7-4-8-12-19)15-29-14-13-22-21(16-29)24(31)27-23(26-22)18-9-5-3-6-10-18/h3-12H,13-16H2,1-2H3,(H,26,27,31). The molecule has 7 nitrogen and oxygen atoms in total. The Morgan fingerprint density at radius 1 is 1.00 bits per heavy atom. The van der Waals surface area contributed by atoms with Gasteiger partial charge in [0.05, 0.1) is 22.5 Å².